The van der Waals surface area contributed by atoms with Gasteiger partial charge in [-0.3, -0.25) is 5.43 Å². The molecule has 0 atom stereocenters. The minimum Gasteiger partial charge on any atom is -0.419 e. The lowest BCUT2D eigenvalue weighted by atomic mass is 10.3. The van der Waals surface area contributed by atoms with E-state index in [0.29, 0.717) is 16.8 Å². The van der Waals surface area contributed by atoms with Crippen LogP contribution in [0.1, 0.15) is 5.69 Å². The smallest absolute Gasteiger partial charge is 0.366 e. The quantitative estimate of drug-likeness (QED) is 0.731. The van der Waals surface area contributed by atoms with Crippen molar-refractivity contribution in [1.82, 2.24) is 4.98 Å². The summed E-state index contributed by atoms with van der Waals surface area (Å²) in [5.74, 6) is 0. The molecule has 5 heteroatoms. The summed E-state index contributed by atoms with van der Waals surface area (Å²) in [6.45, 7) is 1.73. The molecule has 0 bridgehead atoms. The van der Waals surface area contributed by atoms with Crippen LogP contribution >= 0.6 is 0 Å². The summed E-state index contributed by atoms with van der Waals surface area (Å²) < 4.78 is 5.30. The topological polar surface area (TPSA) is 67.5 Å². The van der Waals surface area contributed by atoms with E-state index in [1.54, 1.807) is 25.1 Å². The molecular formula is C16H13N3O2. The van der Waals surface area contributed by atoms with Gasteiger partial charge in [0.1, 0.15) is 5.52 Å². The molecule has 21 heavy (non-hydrogen) atoms. The number of anilines is 1. The maximum Gasteiger partial charge on any atom is 0.366 e. The van der Waals surface area contributed by atoms with Gasteiger partial charge in [-0.05, 0) is 31.2 Å². The van der Waals surface area contributed by atoms with Crippen LogP contribution in [-0.4, -0.2) is 4.98 Å². The number of aromatic nitrogens is 1. The van der Waals surface area contributed by atoms with E-state index in [1.165, 1.54) is 0 Å². The third-order valence-corrected chi connectivity index (χ3v) is 2.96. The molecule has 2 aromatic carbocycles. The predicted octanol–water partition coefficient (Wildman–Crippen LogP) is 2.42. The van der Waals surface area contributed by atoms with Crippen LogP contribution in [0.2, 0.25) is 0 Å². The van der Waals surface area contributed by atoms with Crippen LogP contribution in [0.5, 0.6) is 0 Å². The number of aryl methyl sites for hydroxylation is 1. The molecule has 0 amide bonds. The molecule has 1 N–H and O–H groups in total. The van der Waals surface area contributed by atoms with Gasteiger partial charge in [0.15, 0.2) is 10.9 Å². The Balaban J connectivity index is 2.16. The van der Waals surface area contributed by atoms with E-state index in [4.69, 9.17) is 4.42 Å². The highest BCUT2D eigenvalue weighted by Crippen LogP contribution is 2.07. The molecule has 0 saturated carbocycles. The Bertz CT molecular complexity index is 902. The zero-order valence-corrected chi connectivity index (χ0v) is 11.4. The Morgan fingerprint density at radius 1 is 1.05 bits per heavy atom. The van der Waals surface area contributed by atoms with E-state index in [9.17, 15) is 4.79 Å². The number of hydrogen-bond donors (Lipinski definition) is 1. The largest absolute Gasteiger partial charge is 0.419 e. The van der Waals surface area contributed by atoms with E-state index >= 15 is 0 Å². The second kappa shape index (κ2) is 5.58. The fourth-order valence-corrected chi connectivity index (χ4v) is 1.93. The predicted molar refractivity (Wildman–Crippen MR) is 80.6 cm³/mol. The van der Waals surface area contributed by atoms with Crippen molar-refractivity contribution in [1.29, 1.82) is 0 Å². The molecule has 0 aliphatic rings. The lowest BCUT2D eigenvalue weighted by molar-refractivity contribution is 0.555. The molecule has 1 aromatic heterocycles. The number of rotatable bonds is 2. The van der Waals surface area contributed by atoms with E-state index in [-0.39, 0.29) is 5.36 Å². The second-order valence-corrected chi connectivity index (χ2v) is 4.49. The number of nitrogens with one attached hydrogen (secondary N) is 1. The summed E-state index contributed by atoms with van der Waals surface area (Å²) in [6.07, 6.45) is 0. The number of para-hydroxylation sites is 3. The number of fused-ring (bicyclic) bond motifs is 1. The van der Waals surface area contributed by atoms with Gasteiger partial charge in [-0.25, -0.2) is 9.78 Å². The lowest BCUT2D eigenvalue weighted by Gasteiger charge is -1.97. The maximum atomic E-state index is 12.1. The highest BCUT2D eigenvalue weighted by molar-refractivity contribution is 5.70. The van der Waals surface area contributed by atoms with Crippen molar-refractivity contribution in [3.63, 3.8) is 0 Å². The molecule has 5 nitrogen and oxygen atoms in total. The van der Waals surface area contributed by atoms with E-state index in [1.807, 2.05) is 36.4 Å². The summed E-state index contributed by atoms with van der Waals surface area (Å²) in [5.41, 5.74) is 4.66. The minimum absolute atomic E-state index is 0.162. The highest BCUT2D eigenvalue weighted by Gasteiger charge is 2.02. The van der Waals surface area contributed by atoms with Gasteiger partial charge < -0.3 is 4.42 Å². The summed E-state index contributed by atoms with van der Waals surface area (Å²) in [7, 11) is 0. The molecule has 0 fully saturated rings. The monoisotopic (exact) mass is 279 g/mol. The van der Waals surface area contributed by atoms with Crippen LogP contribution in [0.15, 0.2) is 68.9 Å². The van der Waals surface area contributed by atoms with Gasteiger partial charge in [0.05, 0.1) is 11.4 Å². The summed E-state index contributed by atoms with van der Waals surface area (Å²) in [5, 5.41) is 4.28. The van der Waals surface area contributed by atoms with Crippen LogP contribution < -0.4 is 16.4 Å². The molecule has 0 radical (unpaired) electrons. The standard InChI is InChI=1S/C16H13N3O2/c1-11-15(19-18-12-7-3-2-4-8-12)16(20)21-14-10-6-5-9-13(14)17-11/h2-10,18H,1H3/b19-15+. The van der Waals surface area contributed by atoms with E-state index in [2.05, 4.69) is 15.5 Å². The van der Waals surface area contributed by atoms with Gasteiger partial charge in [0.2, 0.25) is 0 Å². The van der Waals surface area contributed by atoms with Gasteiger partial charge in [0, 0.05) is 0 Å². The van der Waals surface area contributed by atoms with Crippen molar-refractivity contribution in [2.24, 2.45) is 5.10 Å². The number of benzene rings is 2. The van der Waals surface area contributed by atoms with Crippen LogP contribution in [0.4, 0.5) is 5.69 Å². The molecule has 0 aliphatic heterocycles. The molecule has 0 saturated heterocycles. The zero-order chi connectivity index (χ0) is 14.7. The first-order chi connectivity index (χ1) is 10.2. The third-order valence-electron chi connectivity index (χ3n) is 2.96. The fraction of sp³-hybridized carbons (Fsp3) is 0.0625. The molecule has 0 unspecified atom stereocenters. The van der Waals surface area contributed by atoms with Crippen LogP contribution in [0.25, 0.3) is 11.1 Å². The van der Waals surface area contributed by atoms with Crippen LogP contribution in [0, 0.1) is 6.92 Å². The lowest BCUT2D eigenvalue weighted by Crippen LogP contribution is -2.26. The SMILES string of the molecule is Cc1nc2ccccc2oc(=O)/c1=N/Nc1ccccc1. The van der Waals surface area contributed by atoms with Gasteiger partial charge in [-0.1, -0.05) is 30.3 Å². The van der Waals surface area contributed by atoms with Crippen molar-refractivity contribution < 1.29 is 4.42 Å². The van der Waals surface area contributed by atoms with Gasteiger partial charge >= 0.3 is 5.63 Å². The molecule has 0 aliphatic carbocycles. The first-order valence-electron chi connectivity index (χ1n) is 6.49. The Hall–Kier alpha value is -2.95. The van der Waals surface area contributed by atoms with E-state index in [0.717, 1.165) is 5.69 Å². The Labute approximate surface area is 120 Å². The average Bonchev–Trinajstić information content (AvgIpc) is 2.62. The highest BCUT2D eigenvalue weighted by atomic mass is 16.4. The average molecular weight is 279 g/mol. The van der Waals surface area contributed by atoms with Crippen molar-refractivity contribution in [2.45, 2.75) is 6.92 Å². The van der Waals surface area contributed by atoms with Gasteiger partial charge in [-0.2, -0.15) is 5.10 Å². The van der Waals surface area contributed by atoms with Crippen molar-refractivity contribution in [3.8, 4) is 0 Å². The van der Waals surface area contributed by atoms with E-state index < -0.39 is 5.63 Å². The first-order valence-corrected chi connectivity index (χ1v) is 6.49. The Kier molecular flexibility index (Phi) is 3.47. The molecule has 0 spiro atoms. The summed E-state index contributed by atoms with van der Waals surface area (Å²) >= 11 is 0. The Morgan fingerprint density at radius 2 is 1.76 bits per heavy atom. The van der Waals surface area contributed by atoms with Crippen molar-refractivity contribution >= 4 is 16.8 Å². The number of hydrogen-bond acceptors (Lipinski definition) is 5. The van der Waals surface area contributed by atoms with Crippen molar-refractivity contribution in [3.05, 3.63) is 76.1 Å². The molecule has 3 aromatic rings. The fourth-order valence-electron chi connectivity index (χ4n) is 1.93. The number of nitrogens with zero attached hydrogens (tertiary/aromatic N) is 2. The maximum absolute atomic E-state index is 12.1. The van der Waals surface area contributed by atoms with Crippen LogP contribution in [0.3, 0.4) is 0 Å². The van der Waals surface area contributed by atoms with Crippen molar-refractivity contribution in [2.75, 3.05) is 5.43 Å². The summed E-state index contributed by atoms with van der Waals surface area (Å²) in [6, 6.07) is 16.5. The first kappa shape index (κ1) is 13.1. The normalized spacial score (nSPS) is 11.6. The Morgan fingerprint density at radius 3 is 2.57 bits per heavy atom. The molecular weight excluding hydrogens is 266 g/mol. The molecule has 104 valence electrons. The zero-order valence-electron chi connectivity index (χ0n) is 11.4. The molecule has 3 rings (SSSR count). The minimum atomic E-state index is -0.523. The second-order valence-electron chi connectivity index (χ2n) is 4.49. The van der Waals surface area contributed by atoms with Gasteiger partial charge in [-0.15, -0.1) is 0 Å². The van der Waals surface area contributed by atoms with Gasteiger partial charge in [0.25, 0.3) is 0 Å². The van der Waals surface area contributed by atoms with Crippen LogP contribution in [-0.2, 0) is 0 Å². The third kappa shape index (κ3) is 2.81. The summed E-state index contributed by atoms with van der Waals surface area (Å²) in [4.78, 5) is 16.5. The molecule has 1 heterocycles.